The van der Waals surface area contributed by atoms with Gasteiger partial charge in [-0.3, -0.25) is 9.78 Å². The van der Waals surface area contributed by atoms with E-state index in [0.29, 0.717) is 25.1 Å². The second-order valence-corrected chi connectivity index (χ2v) is 11.5. The molecule has 3 heterocycles. The molecule has 0 radical (unpaired) electrons. The first-order valence-electron chi connectivity index (χ1n) is 15.4. The summed E-state index contributed by atoms with van der Waals surface area (Å²) in [5.74, 6) is -0.155. The van der Waals surface area contributed by atoms with Gasteiger partial charge in [-0.15, -0.1) is 0 Å². The number of benzene rings is 4. The summed E-state index contributed by atoms with van der Waals surface area (Å²) in [6.45, 7) is 1.06. The number of ether oxygens (including phenoxy) is 2. The molecule has 2 N–H and O–H groups in total. The summed E-state index contributed by atoms with van der Waals surface area (Å²) < 4.78 is 15.3. The number of carbonyl (C=O) groups is 1. The highest BCUT2D eigenvalue weighted by molar-refractivity contribution is 5.93. The Morgan fingerprint density at radius 1 is 0.848 bits per heavy atom. The van der Waals surface area contributed by atoms with Gasteiger partial charge in [-0.05, 0) is 58.1 Å². The molecule has 8 nitrogen and oxygen atoms in total. The maximum absolute atomic E-state index is 12.5. The number of aliphatic hydroxyl groups excluding tert-OH is 1. The van der Waals surface area contributed by atoms with Gasteiger partial charge in [-0.1, -0.05) is 78.9 Å². The molecule has 0 unspecified atom stereocenters. The molecular formula is C38H34N4O4. The number of amides is 1. The maximum Gasteiger partial charge on any atom is 0.253 e. The van der Waals surface area contributed by atoms with E-state index in [2.05, 4.69) is 62.3 Å². The molecule has 7 rings (SSSR count). The van der Waals surface area contributed by atoms with E-state index in [-0.39, 0.29) is 24.7 Å². The minimum atomic E-state index is -0.556. The van der Waals surface area contributed by atoms with Crippen LogP contribution in [-0.2, 0) is 29.2 Å². The van der Waals surface area contributed by atoms with E-state index < -0.39 is 6.29 Å². The predicted molar refractivity (Wildman–Crippen MR) is 175 cm³/mol. The third-order valence-electron chi connectivity index (χ3n) is 8.36. The normalized spacial score (nSPS) is 18.0. The second kappa shape index (κ2) is 13.5. The zero-order valence-corrected chi connectivity index (χ0v) is 25.2. The van der Waals surface area contributed by atoms with Crippen LogP contribution in [0.4, 0.5) is 0 Å². The van der Waals surface area contributed by atoms with Crippen molar-refractivity contribution >= 4 is 16.9 Å². The number of fused-ring (bicyclic) bond motifs is 1. The number of nitrogens with zero attached hydrogens (tertiary/aromatic N) is 3. The fourth-order valence-electron chi connectivity index (χ4n) is 5.88. The Morgan fingerprint density at radius 3 is 2.48 bits per heavy atom. The van der Waals surface area contributed by atoms with Gasteiger partial charge < -0.3 is 24.5 Å². The Kier molecular flexibility index (Phi) is 8.65. The molecule has 8 heteroatoms. The van der Waals surface area contributed by atoms with Gasteiger partial charge in [0.05, 0.1) is 48.3 Å². The Bertz CT molecular complexity index is 1920. The SMILES string of the molecule is O=C(NCc1cccc(-c2ccc([C@H]3O[C@@H](Cn4cnc5ccccc54)C[C@@H](c4ccc(CO)cc4)O3)cc2)c1)c1cccnc1. The summed E-state index contributed by atoms with van der Waals surface area (Å²) in [4.78, 5) is 21.1. The lowest BCUT2D eigenvalue weighted by Crippen LogP contribution is -2.32. The molecule has 1 aliphatic rings. The van der Waals surface area contributed by atoms with Gasteiger partial charge in [-0.25, -0.2) is 4.98 Å². The summed E-state index contributed by atoms with van der Waals surface area (Å²) in [6.07, 6.45) is 4.92. The van der Waals surface area contributed by atoms with Gasteiger partial charge in [0.2, 0.25) is 0 Å². The first kappa shape index (κ1) is 29.6. The fraction of sp³-hybridized carbons (Fsp3) is 0.184. The Hall–Kier alpha value is -5.15. The van der Waals surface area contributed by atoms with Crippen molar-refractivity contribution in [2.24, 2.45) is 0 Å². The van der Waals surface area contributed by atoms with Crippen LogP contribution < -0.4 is 5.32 Å². The number of para-hydroxylation sites is 2. The average molecular weight is 611 g/mol. The van der Waals surface area contributed by atoms with Gasteiger partial charge in [0, 0.05) is 30.9 Å². The lowest BCUT2D eigenvalue weighted by Gasteiger charge is -2.36. The number of aliphatic hydroxyl groups is 1. The van der Waals surface area contributed by atoms with Gasteiger partial charge in [-0.2, -0.15) is 0 Å². The number of hydrogen-bond acceptors (Lipinski definition) is 6. The Balaban J connectivity index is 1.09. The fourth-order valence-corrected chi connectivity index (χ4v) is 5.88. The van der Waals surface area contributed by atoms with Crippen molar-refractivity contribution in [1.82, 2.24) is 19.9 Å². The number of hydrogen-bond donors (Lipinski definition) is 2. The highest BCUT2D eigenvalue weighted by atomic mass is 16.7. The van der Waals surface area contributed by atoms with Gasteiger partial charge >= 0.3 is 0 Å². The van der Waals surface area contributed by atoms with Gasteiger partial charge in [0.1, 0.15) is 0 Å². The number of aromatic nitrogens is 3. The number of pyridine rings is 1. The van der Waals surface area contributed by atoms with Crippen LogP contribution in [0.1, 0.15) is 51.4 Å². The monoisotopic (exact) mass is 610 g/mol. The van der Waals surface area contributed by atoms with E-state index in [1.807, 2.05) is 60.9 Å². The molecule has 1 aliphatic heterocycles. The molecule has 0 saturated carbocycles. The van der Waals surface area contributed by atoms with Crippen molar-refractivity contribution < 1.29 is 19.4 Å². The molecule has 4 aromatic carbocycles. The lowest BCUT2D eigenvalue weighted by atomic mass is 9.99. The van der Waals surface area contributed by atoms with E-state index in [0.717, 1.165) is 44.4 Å². The number of carbonyl (C=O) groups excluding carboxylic acids is 1. The van der Waals surface area contributed by atoms with Crippen molar-refractivity contribution in [1.29, 1.82) is 0 Å². The predicted octanol–water partition coefficient (Wildman–Crippen LogP) is 6.77. The topological polar surface area (TPSA) is 98.5 Å². The zero-order valence-electron chi connectivity index (χ0n) is 25.2. The van der Waals surface area contributed by atoms with Crippen LogP contribution in [0.2, 0.25) is 0 Å². The molecule has 6 aromatic rings. The van der Waals surface area contributed by atoms with Crippen LogP contribution >= 0.6 is 0 Å². The Morgan fingerprint density at radius 2 is 1.67 bits per heavy atom. The van der Waals surface area contributed by atoms with Crippen molar-refractivity contribution in [3.63, 3.8) is 0 Å². The van der Waals surface area contributed by atoms with E-state index in [9.17, 15) is 9.90 Å². The number of nitrogens with one attached hydrogen (secondary N) is 1. The van der Waals surface area contributed by atoms with Crippen LogP contribution in [-0.4, -0.2) is 31.7 Å². The molecular weight excluding hydrogens is 576 g/mol. The van der Waals surface area contributed by atoms with E-state index >= 15 is 0 Å². The third-order valence-corrected chi connectivity index (χ3v) is 8.36. The van der Waals surface area contributed by atoms with Crippen LogP contribution in [0.25, 0.3) is 22.2 Å². The molecule has 1 saturated heterocycles. The average Bonchev–Trinajstić information content (AvgIpc) is 3.53. The molecule has 230 valence electrons. The molecule has 46 heavy (non-hydrogen) atoms. The first-order chi connectivity index (χ1) is 22.6. The largest absolute Gasteiger partial charge is 0.392 e. The van der Waals surface area contributed by atoms with Crippen molar-refractivity contribution in [3.05, 3.63) is 156 Å². The van der Waals surface area contributed by atoms with Crippen molar-refractivity contribution in [3.8, 4) is 11.1 Å². The molecule has 1 fully saturated rings. The Labute approximate surface area is 267 Å². The molecule has 0 spiro atoms. The molecule has 2 aromatic heterocycles. The molecule has 1 amide bonds. The summed E-state index contributed by atoms with van der Waals surface area (Å²) in [5, 5.41) is 12.5. The van der Waals surface area contributed by atoms with Crippen molar-refractivity contribution in [2.75, 3.05) is 0 Å². The third kappa shape index (κ3) is 6.60. The van der Waals surface area contributed by atoms with Crippen LogP contribution in [0.15, 0.2) is 128 Å². The van der Waals surface area contributed by atoms with E-state index in [1.165, 1.54) is 0 Å². The number of imidazole rings is 1. The van der Waals surface area contributed by atoms with Crippen LogP contribution in [0, 0.1) is 0 Å². The summed E-state index contributed by atoms with van der Waals surface area (Å²) in [5.41, 5.74) is 8.52. The molecule has 0 aliphatic carbocycles. The highest BCUT2D eigenvalue weighted by Gasteiger charge is 2.32. The summed E-state index contributed by atoms with van der Waals surface area (Å²) >= 11 is 0. The lowest BCUT2D eigenvalue weighted by molar-refractivity contribution is -0.252. The van der Waals surface area contributed by atoms with Crippen LogP contribution in [0.5, 0.6) is 0 Å². The minimum Gasteiger partial charge on any atom is -0.392 e. The summed E-state index contributed by atoms with van der Waals surface area (Å²) in [7, 11) is 0. The minimum absolute atomic E-state index is 0.00314. The standard InChI is InChI=1S/C38H34N4O4/c43-24-26-10-12-29(13-11-26)36-20-33(23-42-25-41-34-8-1-2-9-35(34)42)45-38(46-36)30-16-14-28(15-17-30)31-6-3-5-27(19-31)21-40-37(44)32-7-4-18-39-22-32/h1-19,22,25,33,36,38,43H,20-21,23-24H2,(H,40,44)/t33-,36+,38+/m1/s1. The van der Waals surface area contributed by atoms with Gasteiger partial charge in [0.25, 0.3) is 5.91 Å². The van der Waals surface area contributed by atoms with E-state index in [4.69, 9.17) is 9.47 Å². The zero-order chi connectivity index (χ0) is 31.3. The molecule has 0 bridgehead atoms. The maximum atomic E-state index is 12.5. The second-order valence-electron chi connectivity index (χ2n) is 11.5. The summed E-state index contributed by atoms with van der Waals surface area (Å²) in [6, 6.07) is 35.9. The number of rotatable bonds is 9. The van der Waals surface area contributed by atoms with Gasteiger partial charge in [0.15, 0.2) is 6.29 Å². The van der Waals surface area contributed by atoms with Crippen LogP contribution in [0.3, 0.4) is 0 Å². The smallest absolute Gasteiger partial charge is 0.253 e. The first-order valence-corrected chi connectivity index (χ1v) is 15.4. The molecule has 3 atom stereocenters. The van der Waals surface area contributed by atoms with Crippen molar-refractivity contribution in [2.45, 2.75) is 44.6 Å². The highest BCUT2D eigenvalue weighted by Crippen LogP contribution is 2.39. The quantitative estimate of drug-likeness (QED) is 0.188. The van der Waals surface area contributed by atoms with E-state index in [1.54, 1.807) is 24.5 Å².